The number of hydrogen-bond acceptors (Lipinski definition) is 10. The molecule has 1 aliphatic heterocycles. The number of rotatable bonds is 10. The molecule has 0 radical (unpaired) electrons. The molecule has 0 spiro atoms. The monoisotopic (exact) mass is 664 g/mol. The van der Waals surface area contributed by atoms with Crippen molar-refractivity contribution in [3.05, 3.63) is 35.5 Å². The maximum absolute atomic E-state index is 14.9. The second-order valence-corrected chi connectivity index (χ2v) is 14.9. The average Bonchev–Trinajstić information content (AvgIpc) is 3.71. The third-order valence-corrected chi connectivity index (χ3v) is 11.5. The molecule has 4 heterocycles. The summed E-state index contributed by atoms with van der Waals surface area (Å²) in [6.07, 6.45) is 7.47. The van der Waals surface area contributed by atoms with E-state index < -0.39 is 17.8 Å². The lowest BCUT2D eigenvalue weighted by atomic mass is 9.75. The van der Waals surface area contributed by atoms with E-state index in [-0.39, 0.29) is 43.2 Å². The van der Waals surface area contributed by atoms with E-state index in [0.29, 0.717) is 41.9 Å². The summed E-state index contributed by atoms with van der Waals surface area (Å²) < 4.78 is 49.8. The summed E-state index contributed by atoms with van der Waals surface area (Å²) in [5.41, 5.74) is 7.26. The van der Waals surface area contributed by atoms with Gasteiger partial charge >= 0.3 is 6.01 Å². The van der Waals surface area contributed by atoms with Crippen LogP contribution in [0.15, 0.2) is 18.3 Å². The van der Waals surface area contributed by atoms with Gasteiger partial charge in [0.15, 0.2) is 11.6 Å². The number of nitrogen functional groups attached to an aromatic ring is 1. The third-order valence-electron chi connectivity index (χ3n) is 10.5. The molecule has 2 saturated carbocycles. The molecule has 4 aromatic rings. The first-order chi connectivity index (χ1) is 22.5. The molecule has 0 unspecified atom stereocenters. The van der Waals surface area contributed by atoms with E-state index in [2.05, 4.69) is 33.8 Å². The van der Waals surface area contributed by atoms with Crippen LogP contribution in [0.2, 0.25) is 0 Å². The summed E-state index contributed by atoms with van der Waals surface area (Å²) in [5, 5.41) is 10.9. The Balaban J connectivity index is 1.27. The first kappa shape index (κ1) is 31.8. The normalized spacial score (nSPS) is 19.2. The van der Waals surface area contributed by atoms with Crippen molar-refractivity contribution in [2.75, 3.05) is 64.6 Å². The Morgan fingerprint density at radius 1 is 1.13 bits per heavy atom. The lowest BCUT2D eigenvalue weighted by Crippen LogP contribution is -2.56. The van der Waals surface area contributed by atoms with E-state index in [4.69, 9.17) is 20.4 Å². The van der Waals surface area contributed by atoms with Crippen LogP contribution in [0.1, 0.15) is 50.5 Å². The number of thiophene rings is 1. The zero-order valence-electron chi connectivity index (χ0n) is 27.0. The number of hydrogen-bond donors (Lipinski definition) is 1. The maximum atomic E-state index is 14.9. The summed E-state index contributed by atoms with van der Waals surface area (Å²) in [4.78, 5) is 21.1. The Labute approximate surface area is 276 Å². The van der Waals surface area contributed by atoms with Gasteiger partial charge in [0, 0.05) is 61.3 Å². The van der Waals surface area contributed by atoms with Gasteiger partial charge in [0.25, 0.3) is 0 Å². The van der Waals surface area contributed by atoms with E-state index in [1.165, 1.54) is 6.42 Å². The van der Waals surface area contributed by atoms with Gasteiger partial charge in [0.2, 0.25) is 0 Å². The minimum atomic E-state index is -1.05. The fourth-order valence-corrected chi connectivity index (χ4v) is 8.13. The summed E-state index contributed by atoms with van der Waals surface area (Å²) in [5.74, 6) is -1.43. The summed E-state index contributed by atoms with van der Waals surface area (Å²) in [7, 11) is 6.22. The number of nitrogens with two attached hydrogens (primary N) is 1. The van der Waals surface area contributed by atoms with E-state index in [1.807, 2.05) is 13.1 Å². The van der Waals surface area contributed by atoms with Crippen molar-refractivity contribution in [2.24, 2.45) is 5.41 Å². The van der Waals surface area contributed by atoms with Gasteiger partial charge in [-0.05, 0) is 71.2 Å². The summed E-state index contributed by atoms with van der Waals surface area (Å²) in [6.45, 7) is 3.56. The number of aromatic nitrogens is 3. The summed E-state index contributed by atoms with van der Waals surface area (Å²) >= 11 is 0.842. The highest BCUT2D eigenvalue weighted by atomic mass is 32.1. The zero-order chi connectivity index (χ0) is 33.1. The number of anilines is 2. The zero-order valence-corrected chi connectivity index (χ0v) is 27.8. The van der Waals surface area contributed by atoms with Crippen LogP contribution in [-0.4, -0.2) is 90.4 Å². The Morgan fingerprint density at radius 3 is 2.51 bits per heavy atom. The van der Waals surface area contributed by atoms with Crippen LogP contribution >= 0.6 is 11.3 Å². The number of fused-ring (bicyclic) bond motifs is 2. The molecule has 7 rings (SSSR count). The molecule has 9 nitrogen and oxygen atoms in total. The molecule has 47 heavy (non-hydrogen) atoms. The second-order valence-electron chi connectivity index (χ2n) is 13.9. The number of piperidine rings is 1. The number of pyridine rings is 1. The van der Waals surface area contributed by atoms with E-state index in [1.54, 1.807) is 12.3 Å². The number of halogens is 3. The SMILES string of the molecule is CN(CC1(N(C)C)CCC1)c1nc(OCC2(CN3CCC(F)CC3)CC2)nc2cc(-c3cc(F)c(F)c4sc(N)c(C#N)c34)ncc12. The van der Waals surface area contributed by atoms with Gasteiger partial charge in [0.05, 0.1) is 33.5 Å². The van der Waals surface area contributed by atoms with Crippen LogP contribution in [0.4, 0.5) is 24.0 Å². The molecule has 248 valence electrons. The van der Waals surface area contributed by atoms with Crippen LogP contribution in [0.5, 0.6) is 6.01 Å². The summed E-state index contributed by atoms with van der Waals surface area (Å²) in [6, 6.07) is 5.04. The van der Waals surface area contributed by atoms with Crippen molar-refractivity contribution in [3.8, 4) is 23.3 Å². The van der Waals surface area contributed by atoms with Crippen molar-refractivity contribution in [1.29, 1.82) is 5.26 Å². The highest BCUT2D eigenvalue weighted by Gasteiger charge is 2.45. The van der Waals surface area contributed by atoms with E-state index in [9.17, 15) is 18.4 Å². The van der Waals surface area contributed by atoms with Gasteiger partial charge in [-0.15, -0.1) is 11.3 Å². The molecule has 2 N–H and O–H groups in total. The Kier molecular flexibility index (Phi) is 8.17. The molecule has 0 amide bonds. The van der Waals surface area contributed by atoms with Crippen LogP contribution < -0.4 is 15.4 Å². The van der Waals surface area contributed by atoms with Crippen molar-refractivity contribution in [3.63, 3.8) is 0 Å². The molecular formula is C34H39F3N8OS. The number of nitrogens with zero attached hydrogens (tertiary/aromatic N) is 7. The number of likely N-dealkylation sites (tertiary alicyclic amines) is 1. The number of alkyl halides is 1. The predicted octanol–water partition coefficient (Wildman–Crippen LogP) is 6.15. The highest BCUT2D eigenvalue weighted by molar-refractivity contribution is 7.23. The second kappa shape index (κ2) is 12.1. The number of nitriles is 1. The van der Waals surface area contributed by atoms with Gasteiger partial charge in [-0.3, -0.25) is 4.98 Å². The van der Waals surface area contributed by atoms with E-state index in [0.717, 1.165) is 69.3 Å². The Bertz CT molecular complexity index is 1880. The molecule has 3 fully saturated rings. The first-order valence-electron chi connectivity index (χ1n) is 16.2. The number of benzene rings is 1. The molecule has 1 saturated heterocycles. The molecule has 0 atom stereocenters. The Morgan fingerprint density at radius 2 is 1.87 bits per heavy atom. The van der Waals surface area contributed by atoms with Crippen molar-refractivity contribution < 1.29 is 17.9 Å². The smallest absolute Gasteiger partial charge is 0.318 e. The van der Waals surface area contributed by atoms with E-state index >= 15 is 0 Å². The van der Waals surface area contributed by atoms with Crippen LogP contribution in [-0.2, 0) is 0 Å². The minimum absolute atomic E-state index is 0.0122. The van der Waals surface area contributed by atoms with Gasteiger partial charge in [-0.1, -0.05) is 0 Å². The molecular weight excluding hydrogens is 625 g/mol. The van der Waals surface area contributed by atoms with Gasteiger partial charge in [0.1, 0.15) is 23.1 Å². The lowest BCUT2D eigenvalue weighted by Gasteiger charge is -2.49. The van der Waals surface area contributed by atoms with Crippen molar-refractivity contribution in [1.82, 2.24) is 24.8 Å². The first-order valence-corrected chi connectivity index (χ1v) is 17.0. The van der Waals surface area contributed by atoms with Gasteiger partial charge in [-0.2, -0.15) is 15.2 Å². The molecule has 1 aromatic carbocycles. The van der Waals surface area contributed by atoms with Gasteiger partial charge in [-0.25, -0.2) is 13.2 Å². The number of likely N-dealkylation sites (N-methyl/N-ethyl adjacent to an activating group) is 2. The third kappa shape index (κ3) is 5.85. The molecule has 0 bridgehead atoms. The standard InChI is InChI=1S/C34H39F3N8OS/c1-43(2)34(7-4-8-34)18-44(3)31-23-16-40-25(21-13-24(36)28(37)29-27(21)22(15-38)30(39)47-29)14-26(23)41-32(42-31)46-19-33(9-10-33)17-45-11-5-20(35)6-12-45/h13-14,16,20H,4-12,17-19,39H2,1-3H3. The van der Waals surface area contributed by atoms with Crippen LogP contribution in [0.25, 0.3) is 32.2 Å². The van der Waals surface area contributed by atoms with Crippen molar-refractivity contribution >= 4 is 43.1 Å². The Hall–Kier alpha value is -3.73. The molecule has 13 heteroatoms. The maximum Gasteiger partial charge on any atom is 0.318 e. The van der Waals surface area contributed by atoms with Crippen molar-refractivity contribution in [2.45, 2.75) is 56.7 Å². The lowest BCUT2D eigenvalue weighted by molar-refractivity contribution is 0.0682. The fraction of sp³-hybridized carbons (Fsp3) is 0.529. The molecule has 3 aromatic heterocycles. The largest absolute Gasteiger partial charge is 0.463 e. The van der Waals surface area contributed by atoms with Gasteiger partial charge < -0.3 is 25.2 Å². The quantitative estimate of drug-likeness (QED) is 0.214. The molecule has 2 aliphatic carbocycles. The average molecular weight is 665 g/mol. The van der Waals surface area contributed by atoms with Crippen LogP contribution in [0.3, 0.4) is 0 Å². The van der Waals surface area contributed by atoms with Crippen LogP contribution in [0, 0.1) is 28.4 Å². The predicted molar refractivity (Wildman–Crippen MR) is 178 cm³/mol. The molecule has 3 aliphatic rings. The topological polar surface area (TPSA) is 107 Å². The number of ether oxygens (including phenoxy) is 1. The fourth-order valence-electron chi connectivity index (χ4n) is 7.16. The minimum Gasteiger partial charge on any atom is -0.463 e. The highest BCUT2D eigenvalue weighted by Crippen LogP contribution is 2.47.